The van der Waals surface area contributed by atoms with E-state index >= 15 is 0 Å². The van der Waals surface area contributed by atoms with Gasteiger partial charge < -0.3 is 10.1 Å². The zero-order valence-corrected chi connectivity index (χ0v) is 10.2. The van der Waals surface area contributed by atoms with Gasteiger partial charge in [0.2, 0.25) is 5.88 Å². The summed E-state index contributed by atoms with van der Waals surface area (Å²) in [6.45, 7) is 2.09. The number of rotatable bonds is 3. The normalized spacial score (nSPS) is 14.9. The van der Waals surface area contributed by atoms with E-state index in [9.17, 15) is 0 Å². The lowest BCUT2D eigenvalue weighted by Crippen LogP contribution is -2.02. The van der Waals surface area contributed by atoms with E-state index in [2.05, 4.69) is 35.4 Å². The highest BCUT2D eigenvalue weighted by atomic mass is 16.5. The van der Waals surface area contributed by atoms with Crippen molar-refractivity contribution in [2.45, 2.75) is 25.8 Å². The molecule has 1 fully saturated rings. The van der Waals surface area contributed by atoms with Crippen LogP contribution in [0.5, 0.6) is 5.88 Å². The highest BCUT2D eigenvalue weighted by Gasteiger charge is 2.22. The number of aryl methyl sites for hydroxylation is 1. The van der Waals surface area contributed by atoms with Gasteiger partial charge in [-0.05, 0) is 37.5 Å². The minimum Gasteiger partial charge on any atom is -0.481 e. The Morgan fingerprint density at radius 2 is 2.18 bits per heavy atom. The molecule has 1 N–H and O–H groups in total. The Balaban J connectivity index is 2.21. The smallest absolute Gasteiger partial charge is 0.221 e. The lowest BCUT2D eigenvalue weighted by atomic mass is 10.1. The summed E-state index contributed by atoms with van der Waals surface area (Å²) in [6.07, 6.45) is 4.43. The summed E-state index contributed by atoms with van der Waals surface area (Å²) in [5.41, 5.74) is 2.38. The minimum atomic E-state index is 0.652. The number of anilines is 1. The van der Waals surface area contributed by atoms with Gasteiger partial charge in [0.25, 0.3) is 0 Å². The third-order valence-corrected chi connectivity index (χ3v) is 3.19. The maximum absolute atomic E-state index is 5.32. The summed E-state index contributed by atoms with van der Waals surface area (Å²) < 4.78 is 5.32. The molecule has 17 heavy (non-hydrogen) atoms. The first kappa shape index (κ1) is 10.4. The van der Waals surface area contributed by atoms with Crippen molar-refractivity contribution >= 4 is 16.5 Å². The summed E-state index contributed by atoms with van der Waals surface area (Å²) in [5, 5.41) is 5.88. The molecule has 0 unspecified atom stereocenters. The molecule has 1 aliphatic carbocycles. The van der Waals surface area contributed by atoms with Crippen molar-refractivity contribution in [3.8, 4) is 5.88 Å². The first-order chi connectivity index (χ1) is 8.29. The summed E-state index contributed by atoms with van der Waals surface area (Å²) in [7, 11) is 1.66. The third-order valence-electron chi connectivity index (χ3n) is 3.19. The Morgan fingerprint density at radius 1 is 1.35 bits per heavy atom. The van der Waals surface area contributed by atoms with Gasteiger partial charge in [0.1, 0.15) is 0 Å². The molecular formula is C14H16N2O. The fraction of sp³-hybridized carbons (Fsp3) is 0.357. The standard InChI is InChI=1S/C14H16N2O/c1-9-8-15-14(17-2)11-4-3-5-12(13(9)11)16-10-6-7-10/h3-5,8,10,16H,6-7H2,1-2H3. The van der Waals surface area contributed by atoms with E-state index in [0.717, 1.165) is 5.39 Å². The van der Waals surface area contributed by atoms with E-state index in [1.807, 2.05) is 6.20 Å². The molecule has 3 rings (SSSR count). The maximum atomic E-state index is 5.32. The second kappa shape index (κ2) is 3.91. The molecule has 0 bridgehead atoms. The van der Waals surface area contributed by atoms with Crippen LogP contribution >= 0.6 is 0 Å². The van der Waals surface area contributed by atoms with Crippen molar-refractivity contribution < 1.29 is 4.74 Å². The Morgan fingerprint density at radius 3 is 2.88 bits per heavy atom. The van der Waals surface area contributed by atoms with Crippen LogP contribution in [-0.2, 0) is 0 Å². The molecule has 0 amide bonds. The van der Waals surface area contributed by atoms with Crippen LogP contribution in [0.15, 0.2) is 24.4 Å². The van der Waals surface area contributed by atoms with E-state index < -0.39 is 0 Å². The van der Waals surface area contributed by atoms with Gasteiger partial charge in [0, 0.05) is 28.7 Å². The van der Waals surface area contributed by atoms with Crippen LogP contribution in [0.3, 0.4) is 0 Å². The van der Waals surface area contributed by atoms with E-state index in [0.29, 0.717) is 11.9 Å². The molecule has 1 aliphatic rings. The molecule has 0 radical (unpaired) electrons. The van der Waals surface area contributed by atoms with Crippen LogP contribution in [0.4, 0.5) is 5.69 Å². The molecular weight excluding hydrogens is 212 g/mol. The second-order valence-corrected chi connectivity index (χ2v) is 4.60. The fourth-order valence-electron chi connectivity index (χ4n) is 2.18. The van der Waals surface area contributed by atoms with Gasteiger partial charge in [-0.1, -0.05) is 6.07 Å². The minimum absolute atomic E-state index is 0.652. The lowest BCUT2D eigenvalue weighted by molar-refractivity contribution is 0.403. The number of methoxy groups -OCH3 is 1. The zero-order chi connectivity index (χ0) is 11.8. The van der Waals surface area contributed by atoms with Gasteiger partial charge >= 0.3 is 0 Å². The third kappa shape index (κ3) is 1.82. The molecule has 3 heteroatoms. The Bertz CT molecular complexity index is 561. The number of hydrogen-bond acceptors (Lipinski definition) is 3. The summed E-state index contributed by atoms with van der Waals surface area (Å²) in [4.78, 5) is 4.31. The average molecular weight is 228 g/mol. The van der Waals surface area contributed by atoms with Gasteiger partial charge in [-0.25, -0.2) is 4.98 Å². The van der Waals surface area contributed by atoms with Crippen molar-refractivity contribution in [2.24, 2.45) is 0 Å². The van der Waals surface area contributed by atoms with Gasteiger partial charge in [0.15, 0.2) is 0 Å². The number of nitrogens with zero attached hydrogens (tertiary/aromatic N) is 1. The molecule has 88 valence electrons. The Labute approximate surface area is 101 Å². The molecule has 3 nitrogen and oxygen atoms in total. The predicted octanol–water partition coefficient (Wildman–Crippen LogP) is 3.13. The van der Waals surface area contributed by atoms with Gasteiger partial charge in [-0.2, -0.15) is 0 Å². The number of benzene rings is 1. The Kier molecular flexibility index (Phi) is 2.39. The van der Waals surface area contributed by atoms with Gasteiger partial charge in [-0.15, -0.1) is 0 Å². The van der Waals surface area contributed by atoms with Crippen molar-refractivity contribution in [2.75, 3.05) is 12.4 Å². The largest absolute Gasteiger partial charge is 0.481 e. The molecule has 2 aromatic rings. The van der Waals surface area contributed by atoms with Crippen LogP contribution in [-0.4, -0.2) is 18.1 Å². The van der Waals surface area contributed by atoms with Crippen molar-refractivity contribution in [1.29, 1.82) is 0 Å². The second-order valence-electron chi connectivity index (χ2n) is 4.60. The van der Waals surface area contributed by atoms with E-state index in [1.54, 1.807) is 7.11 Å². The first-order valence-electron chi connectivity index (χ1n) is 5.98. The van der Waals surface area contributed by atoms with Crippen molar-refractivity contribution in [1.82, 2.24) is 4.98 Å². The van der Waals surface area contributed by atoms with E-state index in [-0.39, 0.29) is 0 Å². The van der Waals surface area contributed by atoms with Gasteiger partial charge in [0.05, 0.1) is 7.11 Å². The van der Waals surface area contributed by atoms with Crippen LogP contribution in [0.2, 0.25) is 0 Å². The number of ether oxygens (including phenoxy) is 1. The quantitative estimate of drug-likeness (QED) is 0.876. The molecule has 1 aromatic carbocycles. The highest BCUT2D eigenvalue weighted by Crippen LogP contribution is 2.34. The average Bonchev–Trinajstić information content (AvgIpc) is 3.14. The topological polar surface area (TPSA) is 34.1 Å². The number of fused-ring (bicyclic) bond motifs is 1. The van der Waals surface area contributed by atoms with E-state index in [1.165, 1.54) is 29.5 Å². The molecule has 1 saturated carbocycles. The molecule has 0 aliphatic heterocycles. The SMILES string of the molecule is COc1ncc(C)c2c(NC3CC3)cccc12. The fourth-order valence-corrected chi connectivity index (χ4v) is 2.18. The number of aromatic nitrogens is 1. The monoisotopic (exact) mass is 228 g/mol. The highest BCUT2D eigenvalue weighted by molar-refractivity contribution is 5.99. The molecule has 0 saturated heterocycles. The van der Waals surface area contributed by atoms with Crippen molar-refractivity contribution in [3.63, 3.8) is 0 Å². The van der Waals surface area contributed by atoms with Crippen LogP contribution in [0, 0.1) is 6.92 Å². The predicted molar refractivity (Wildman–Crippen MR) is 69.7 cm³/mol. The zero-order valence-electron chi connectivity index (χ0n) is 10.2. The lowest BCUT2D eigenvalue weighted by Gasteiger charge is -2.12. The number of hydrogen-bond donors (Lipinski definition) is 1. The molecule has 1 heterocycles. The maximum Gasteiger partial charge on any atom is 0.221 e. The summed E-state index contributed by atoms with van der Waals surface area (Å²) in [6, 6.07) is 6.90. The van der Waals surface area contributed by atoms with E-state index in [4.69, 9.17) is 4.74 Å². The number of pyridine rings is 1. The van der Waals surface area contributed by atoms with Crippen LogP contribution in [0.25, 0.3) is 10.8 Å². The van der Waals surface area contributed by atoms with Gasteiger partial charge in [-0.3, -0.25) is 0 Å². The summed E-state index contributed by atoms with van der Waals surface area (Å²) >= 11 is 0. The van der Waals surface area contributed by atoms with Crippen LogP contribution in [0.1, 0.15) is 18.4 Å². The first-order valence-corrected chi connectivity index (χ1v) is 5.98. The molecule has 0 atom stereocenters. The van der Waals surface area contributed by atoms with Crippen LogP contribution < -0.4 is 10.1 Å². The summed E-state index contributed by atoms with van der Waals surface area (Å²) in [5.74, 6) is 0.699. The number of nitrogens with one attached hydrogen (secondary N) is 1. The molecule has 0 spiro atoms. The Hall–Kier alpha value is -1.77. The van der Waals surface area contributed by atoms with Crippen molar-refractivity contribution in [3.05, 3.63) is 30.0 Å². The molecule has 1 aromatic heterocycles.